The van der Waals surface area contributed by atoms with Crippen LogP contribution in [-0.4, -0.2) is 106 Å². The van der Waals surface area contributed by atoms with E-state index in [0.29, 0.717) is 13.1 Å². The third-order valence-corrected chi connectivity index (χ3v) is 7.00. The summed E-state index contributed by atoms with van der Waals surface area (Å²) in [6, 6.07) is 0. The van der Waals surface area contributed by atoms with E-state index in [1.54, 1.807) is 0 Å². The topological polar surface area (TPSA) is 76.2 Å². The monoisotopic (exact) mass is 375 g/mol. The van der Waals surface area contributed by atoms with Crippen molar-refractivity contribution in [3.05, 3.63) is 0 Å². The Kier molecular flexibility index (Phi) is 7.63. The van der Waals surface area contributed by atoms with Crippen molar-refractivity contribution in [1.82, 2.24) is 23.7 Å². The minimum atomic E-state index is -3.43. The molecule has 2 aliphatic heterocycles. The van der Waals surface area contributed by atoms with Crippen molar-refractivity contribution < 1.29 is 13.2 Å². The van der Waals surface area contributed by atoms with Gasteiger partial charge in [-0.25, -0.2) is 0 Å². The molecule has 0 aromatic heterocycles. The molecule has 146 valence electrons. The molecule has 0 aromatic carbocycles. The van der Waals surface area contributed by atoms with Crippen LogP contribution in [0.4, 0.5) is 0 Å². The summed E-state index contributed by atoms with van der Waals surface area (Å²) in [7, 11) is 1.76. The highest BCUT2D eigenvalue weighted by Gasteiger charge is 2.33. The maximum absolute atomic E-state index is 12.4. The van der Waals surface area contributed by atoms with Crippen molar-refractivity contribution in [1.29, 1.82) is 0 Å². The van der Waals surface area contributed by atoms with Crippen molar-refractivity contribution in [2.75, 3.05) is 73.5 Å². The fourth-order valence-electron chi connectivity index (χ4n) is 3.33. The lowest BCUT2D eigenvalue weighted by molar-refractivity contribution is -0.126. The van der Waals surface area contributed by atoms with Gasteiger partial charge in [-0.05, 0) is 32.9 Å². The predicted octanol–water partition coefficient (Wildman–Crippen LogP) is -0.741. The molecule has 2 saturated heterocycles. The molecule has 0 saturated carbocycles. The molecule has 2 rings (SSSR count). The van der Waals surface area contributed by atoms with Crippen molar-refractivity contribution in [3.63, 3.8) is 0 Å². The van der Waals surface area contributed by atoms with E-state index in [1.807, 2.05) is 0 Å². The summed E-state index contributed by atoms with van der Waals surface area (Å²) >= 11 is 0. The van der Waals surface area contributed by atoms with Gasteiger partial charge in [-0.1, -0.05) is 0 Å². The highest BCUT2D eigenvalue weighted by molar-refractivity contribution is 7.86. The van der Waals surface area contributed by atoms with E-state index >= 15 is 0 Å². The summed E-state index contributed by atoms with van der Waals surface area (Å²) in [5, 5.41) is 2.99. The van der Waals surface area contributed by atoms with Gasteiger partial charge in [0.05, 0.1) is 5.92 Å². The second-order valence-corrected chi connectivity index (χ2v) is 9.42. The van der Waals surface area contributed by atoms with Gasteiger partial charge in [-0.15, -0.1) is 0 Å². The fourth-order valence-corrected chi connectivity index (χ4v) is 4.52. The van der Waals surface area contributed by atoms with Gasteiger partial charge >= 0.3 is 0 Å². The van der Waals surface area contributed by atoms with E-state index in [0.717, 1.165) is 52.0 Å². The van der Waals surface area contributed by atoms with E-state index in [-0.39, 0.29) is 18.4 Å². The van der Waals surface area contributed by atoms with Gasteiger partial charge in [0.1, 0.15) is 0 Å². The normalized spacial score (nSPS) is 24.6. The zero-order chi connectivity index (χ0) is 18.4. The number of rotatable bonds is 7. The van der Waals surface area contributed by atoms with E-state index in [2.05, 4.69) is 22.2 Å². The van der Waals surface area contributed by atoms with Crippen LogP contribution in [0.3, 0.4) is 0 Å². The Morgan fingerprint density at radius 2 is 1.84 bits per heavy atom. The first-order valence-corrected chi connectivity index (χ1v) is 10.6. The van der Waals surface area contributed by atoms with Gasteiger partial charge in [0.25, 0.3) is 10.2 Å². The average molecular weight is 376 g/mol. The molecule has 0 aliphatic carbocycles. The van der Waals surface area contributed by atoms with Crippen LogP contribution in [0.1, 0.15) is 19.3 Å². The fraction of sp³-hybridized carbons (Fsp3) is 0.938. The number of hydrogen-bond donors (Lipinski definition) is 1. The molecule has 9 heteroatoms. The van der Waals surface area contributed by atoms with Gasteiger partial charge < -0.3 is 15.1 Å². The van der Waals surface area contributed by atoms with Crippen LogP contribution in [0.2, 0.25) is 0 Å². The Hall–Kier alpha value is -0.740. The minimum absolute atomic E-state index is 0.0166. The van der Waals surface area contributed by atoms with Crippen molar-refractivity contribution >= 4 is 16.1 Å². The Balaban J connectivity index is 1.70. The number of carbonyl (C=O) groups excluding carboxylic acids is 1. The molecule has 2 aliphatic rings. The molecule has 0 unspecified atom stereocenters. The maximum atomic E-state index is 12.4. The lowest BCUT2D eigenvalue weighted by Crippen LogP contribution is -2.49. The molecule has 8 nitrogen and oxygen atoms in total. The van der Waals surface area contributed by atoms with Crippen molar-refractivity contribution in [3.8, 4) is 0 Å². The lowest BCUT2D eigenvalue weighted by Gasteiger charge is -2.33. The highest BCUT2D eigenvalue weighted by Crippen LogP contribution is 2.20. The van der Waals surface area contributed by atoms with E-state index in [1.165, 1.54) is 22.7 Å². The summed E-state index contributed by atoms with van der Waals surface area (Å²) in [5.74, 6) is -0.260. The Morgan fingerprint density at radius 3 is 2.48 bits per heavy atom. The standard InChI is InChI=1S/C16H33N5O3S/c1-18(2)25(23,24)21-9-4-6-15(14-21)16(22)17-7-5-8-20-12-10-19(3)11-13-20/h15H,4-14H2,1-3H3,(H,17,22)/t15-/m1/s1. The number of piperazine rings is 1. The Morgan fingerprint density at radius 1 is 1.16 bits per heavy atom. The molecule has 2 heterocycles. The molecule has 25 heavy (non-hydrogen) atoms. The summed E-state index contributed by atoms with van der Waals surface area (Å²) in [6.07, 6.45) is 2.41. The van der Waals surface area contributed by atoms with E-state index in [9.17, 15) is 13.2 Å². The first kappa shape index (κ1) is 20.6. The van der Waals surface area contributed by atoms with Crippen LogP contribution in [0.5, 0.6) is 0 Å². The zero-order valence-corrected chi connectivity index (χ0v) is 16.6. The van der Waals surface area contributed by atoms with Crippen LogP contribution in [-0.2, 0) is 15.0 Å². The zero-order valence-electron chi connectivity index (χ0n) is 15.8. The second kappa shape index (κ2) is 9.27. The van der Waals surface area contributed by atoms with Crippen LogP contribution >= 0.6 is 0 Å². The first-order chi connectivity index (χ1) is 11.8. The summed E-state index contributed by atoms with van der Waals surface area (Å²) in [4.78, 5) is 17.1. The number of nitrogens with one attached hydrogen (secondary N) is 1. The summed E-state index contributed by atoms with van der Waals surface area (Å²) in [5.41, 5.74) is 0. The van der Waals surface area contributed by atoms with E-state index in [4.69, 9.17) is 0 Å². The van der Waals surface area contributed by atoms with Gasteiger partial charge in [0, 0.05) is 59.9 Å². The second-order valence-electron chi connectivity index (χ2n) is 7.28. The maximum Gasteiger partial charge on any atom is 0.281 e. The van der Waals surface area contributed by atoms with Crippen LogP contribution in [0, 0.1) is 5.92 Å². The molecule has 0 radical (unpaired) electrons. The van der Waals surface area contributed by atoms with Gasteiger partial charge in [0.2, 0.25) is 5.91 Å². The minimum Gasteiger partial charge on any atom is -0.356 e. The molecular weight excluding hydrogens is 342 g/mol. The highest BCUT2D eigenvalue weighted by atomic mass is 32.2. The Labute approximate surface area is 152 Å². The molecule has 1 atom stereocenters. The third kappa shape index (κ3) is 5.89. The predicted molar refractivity (Wildman–Crippen MR) is 98.5 cm³/mol. The molecule has 1 amide bonds. The molecule has 0 bridgehead atoms. The third-order valence-electron chi connectivity index (χ3n) is 5.09. The number of nitrogens with zero attached hydrogens (tertiary/aromatic N) is 4. The quantitative estimate of drug-likeness (QED) is 0.593. The summed E-state index contributed by atoms with van der Waals surface area (Å²) < 4.78 is 27.1. The van der Waals surface area contributed by atoms with Gasteiger partial charge in [0.15, 0.2) is 0 Å². The summed E-state index contributed by atoms with van der Waals surface area (Å²) in [6.45, 7) is 6.81. The number of amides is 1. The lowest BCUT2D eigenvalue weighted by atomic mass is 9.99. The number of carbonyl (C=O) groups is 1. The number of likely N-dealkylation sites (N-methyl/N-ethyl adjacent to an activating group) is 1. The van der Waals surface area contributed by atoms with Crippen LogP contribution in [0.25, 0.3) is 0 Å². The van der Waals surface area contributed by atoms with Gasteiger partial charge in [-0.3, -0.25) is 4.79 Å². The number of piperidine rings is 1. The largest absolute Gasteiger partial charge is 0.356 e. The van der Waals surface area contributed by atoms with Crippen molar-refractivity contribution in [2.45, 2.75) is 19.3 Å². The first-order valence-electron chi connectivity index (χ1n) is 9.17. The molecule has 1 N–H and O–H groups in total. The van der Waals surface area contributed by atoms with Crippen LogP contribution < -0.4 is 5.32 Å². The average Bonchev–Trinajstić information content (AvgIpc) is 2.60. The SMILES string of the molecule is CN1CCN(CCCNC(=O)[C@@H]2CCCN(S(=O)(=O)N(C)C)C2)CC1. The molecule has 0 spiro atoms. The number of hydrogen-bond acceptors (Lipinski definition) is 5. The molecule has 0 aromatic rings. The van der Waals surface area contributed by atoms with Crippen LogP contribution in [0.15, 0.2) is 0 Å². The Bertz CT molecular complexity index is 532. The van der Waals surface area contributed by atoms with E-state index < -0.39 is 10.2 Å². The van der Waals surface area contributed by atoms with Crippen molar-refractivity contribution in [2.24, 2.45) is 5.92 Å². The molecule has 2 fully saturated rings. The van der Waals surface area contributed by atoms with Gasteiger partial charge in [-0.2, -0.15) is 17.0 Å². The smallest absolute Gasteiger partial charge is 0.281 e. The molecular formula is C16H33N5O3S.